The van der Waals surface area contributed by atoms with Crippen molar-refractivity contribution in [1.29, 1.82) is 0 Å². The molecule has 0 spiro atoms. The topological polar surface area (TPSA) is 41.1 Å². The number of hydrogen-bond acceptors (Lipinski definition) is 2. The molecule has 2 aliphatic rings. The Balaban J connectivity index is 1.78. The highest BCUT2D eigenvalue weighted by atomic mass is 16.2. The fourth-order valence-corrected chi connectivity index (χ4v) is 2.66. The summed E-state index contributed by atoms with van der Waals surface area (Å²) in [6.07, 6.45) is 13.5. The Morgan fingerprint density at radius 3 is 2.82 bits per heavy atom. The molecule has 3 heteroatoms. The number of amides is 1. The van der Waals surface area contributed by atoms with Crippen LogP contribution in [0, 0.1) is 0 Å². The minimum atomic E-state index is 0.0428. The summed E-state index contributed by atoms with van der Waals surface area (Å²) >= 11 is 0. The molecule has 1 amide bonds. The van der Waals surface area contributed by atoms with E-state index in [1.54, 1.807) is 0 Å². The second-order valence-corrected chi connectivity index (χ2v) is 5.20. The number of rotatable bonds is 2. The standard InChI is InChI=1S/C14H24N2O/c17-14(16-12-8-4-3-5-9-12)13-10-6-1-2-7-11-15-13/h3-4,12-13,15H,1-2,5-11H2,(H,16,17). The van der Waals surface area contributed by atoms with Gasteiger partial charge in [-0.1, -0.05) is 31.4 Å². The summed E-state index contributed by atoms with van der Waals surface area (Å²) in [4.78, 5) is 12.1. The molecule has 17 heavy (non-hydrogen) atoms. The first kappa shape index (κ1) is 12.6. The van der Waals surface area contributed by atoms with E-state index in [-0.39, 0.29) is 11.9 Å². The molecule has 0 aromatic carbocycles. The van der Waals surface area contributed by atoms with E-state index in [2.05, 4.69) is 22.8 Å². The molecule has 0 aromatic heterocycles. The highest BCUT2D eigenvalue weighted by Crippen LogP contribution is 2.13. The fraction of sp³-hybridized carbons (Fsp3) is 0.786. The van der Waals surface area contributed by atoms with Crippen LogP contribution >= 0.6 is 0 Å². The second-order valence-electron chi connectivity index (χ2n) is 5.20. The average molecular weight is 236 g/mol. The van der Waals surface area contributed by atoms with Gasteiger partial charge in [0.05, 0.1) is 6.04 Å². The molecule has 1 fully saturated rings. The number of carbonyl (C=O) groups excluding carboxylic acids is 1. The predicted molar refractivity (Wildman–Crippen MR) is 69.8 cm³/mol. The van der Waals surface area contributed by atoms with Gasteiger partial charge in [-0.3, -0.25) is 4.79 Å². The molecule has 2 unspecified atom stereocenters. The highest BCUT2D eigenvalue weighted by Gasteiger charge is 2.21. The van der Waals surface area contributed by atoms with Gasteiger partial charge in [0.15, 0.2) is 0 Å². The van der Waals surface area contributed by atoms with E-state index in [1.165, 1.54) is 25.7 Å². The van der Waals surface area contributed by atoms with Crippen LogP contribution < -0.4 is 10.6 Å². The van der Waals surface area contributed by atoms with Crippen LogP contribution in [-0.4, -0.2) is 24.5 Å². The van der Waals surface area contributed by atoms with Crippen LogP contribution in [0.2, 0.25) is 0 Å². The lowest BCUT2D eigenvalue weighted by Crippen LogP contribution is -2.48. The molecule has 1 aliphatic heterocycles. The van der Waals surface area contributed by atoms with Crippen molar-refractivity contribution in [3.8, 4) is 0 Å². The Morgan fingerprint density at radius 2 is 2.00 bits per heavy atom. The zero-order valence-corrected chi connectivity index (χ0v) is 10.6. The van der Waals surface area contributed by atoms with E-state index in [0.29, 0.717) is 6.04 Å². The zero-order valence-electron chi connectivity index (χ0n) is 10.6. The normalized spacial score (nSPS) is 30.4. The summed E-state index contributed by atoms with van der Waals surface area (Å²) in [7, 11) is 0. The third-order valence-electron chi connectivity index (χ3n) is 3.74. The Hall–Kier alpha value is -0.830. The van der Waals surface area contributed by atoms with Gasteiger partial charge >= 0.3 is 0 Å². The van der Waals surface area contributed by atoms with Crippen LogP contribution in [0.15, 0.2) is 12.2 Å². The zero-order chi connectivity index (χ0) is 11.9. The molecule has 96 valence electrons. The molecule has 0 aromatic rings. The first-order chi connectivity index (χ1) is 8.36. The Morgan fingerprint density at radius 1 is 1.12 bits per heavy atom. The van der Waals surface area contributed by atoms with Crippen LogP contribution in [-0.2, 0) is 4.79 Å². The van der Waals surface area contributed by atoms with Crippen LogP contribution in [0.1, 0.15) is 51.4 Å². The summed E-state index contributed by atoms with van der Waals surface area (Å²) in [5, 5.41) is 6.56. The van der Waals surface area contributed by atoms with Gasteiger partial charge in [-0.05, 0) is 38.6 Å². The molecule has 2 atom stereocenters. The van der Waals surface area contributed by atoms with Crippen molar-refractivity contribution in [1.82, 2.24) is 10.6 Å². The van der Waals surface area contributed by atoms with Crippen molar-refractivity contribution in [2.75, 3.05) is 6.54 Å². The number of carbonyl (C=O) groups is 1. The van der Waals surface area contributed by atoms with Crippen molar-refractivity contribution in [3.63, 3.8) is 0 Å². The average Bonchev–Trinajstić information content (AvgIpc) is 2.29. The highest BCUT2D eigenvalue weighted by molar-refractivity contribution is 5.82. The minimum Gasteiger partial charge on any atom is -0.352 e. The molecule has 1 heterocycles. The van der Waals surface area contributed by atoms with Gasteiger partial charge in [-0.25, -0.2) is 0 Å². The lowest BCUT2D eigenvalue weighted by Gasteiger charge is -2.25. The van der Waals surface area contributed by atoms with Crippen molar-refractivity contribution in [2.45, 2.75) is 63.5 Å². The van der Waals surface area contributed by atoms with Gasteiger partial charge < -0.3 is 10.6 Å². The van der Waals surface area contributed by atoms with E-state index >= 15 is 0 Å². The predicted octanol–water partition coefficient (Wildman–Crippen LogP) is 2.13. The molecule has 0 bridgehead atoms. The maximum atomic E-state index is 12.1. The molecular formula is C14H24N2O. The van der Waals surface area contributed by atoms with Crippen LogP contribution in [0.25, 0.3) is 0 Å². The first-order valence-electron chi connectivity index (χ1n) is 7.05. The fourth-order valence-electron chi connectivity index (χ4n) is 2.66. The summed E-state index contributed by atoms with van der Waals surface area (Å²) < 4.78 is 0. The molecule has 1 aliphatic carbocycles. The Bertz CT molecular complexity index is 267. The third-order valence-corrected chi connectivity index (χ3v) is 3.74. The van der Waals surface area contributed by atoms with Gasteiger partial charge in [0.1, 0.15) is 0 Å². The van der Waals surface area contributed by atoms with Gasteiger partial charge in [0.2, 0.25) is 5.91 Å². The molecule has 1 saturated heterocycles. The monoisotopic (exact) mass is 236 g/mol. The van der Waals surface area contributed by atoms with Crippen molar-refractivity contribution in [3.05, 3.63) is 12.2 Å². The van der Waals surface area contributed by atoms with E-state index in [9.17, 15) is 4.79 Å². The lowest BCUT2D eigenvalue weighted by molar-refractivity contribution is -0.124. The second kappa shape index (κ2) is 6.80. The Labute approximate surface area is 104 Å². The van der Waals surface area contributed by atoms with Crippen molar-refractivity contribution in [2.24, 2.45) is 0 Å². The first-order valence-corrected chi connectivity index (χ1v) is 7.05. The number of allylic oxidation sites excluding steroid dienone is 1. The van der Waals surface area contributed by atoms with Crippen LogP contribution in [0.4, 0.5) is 0 Å². The summed E-state index contributed by atoms with van der Waals surface area (Å²) in [6.45, 7) is 0.989. The van der Waals surface area contributed by atoms with E-state index in [1.807, 2.05) is 0 Å². The molecule has 0 saturated carbocycles. The van der Waals surface area contributed by atoms with Crippen molar-refractivity contribution >= 4 is 5.91 Å². The lowest BCUT2D eigenvalue weighted by atomic mass is 10.00. The van der Waals surface area contributed by atoms with Gasteiger partial charge in [-0.15, -0.1) is 0 Å². The van der Waals surface area contributed by atoms with E-state index in [0.717, 1.165) is 32.2 Å². The van der Waals surface area contributed by atoms with E-state index in [4.69, 9.17) is 0 Å². The van der Waals surface area contributed by atoms with Crippen LogP contribution in [0.3, 0.4) is 0 Å². The molecule has 2 N–H and O–H groups in total. The molecule has 3 nitrogen and oxygen atoms in total. The van der Waals surface area contributed by atoms with Gasteiger partial charge in [-0.2, -0.15) is 0 Å². The molecule has 2 rings (SSSR count). The van der Waals surface area contributed by atoms with Crippen molar-refractivity contribution < 1.29 is 4.79 Å². The van der Waals surface area contributed by atoms with Gasteiger partial charge in [0.25, 0.3) is 0 Å². The molecule has 0 radical (unpaired) electrons. The minimum absolute atomic E-state index is 0.0428. The third kappa shape index (κ3) is 4.15. The smallest absolute Gasteiger partial charge is 0.237 e. The quantitative estimate of drug-likeness (QED) is 0.721. The number of hydrogen-bond donors (Lipinski definition) is 2. The summed E-state index contributed by atoms with van der Waals surface area (Å²) in [5.41, 5.74) is 0. The summed E-state index contributed by atoms with van der Waals surface area (Å²) in [5.74, 6) is 0.215. The summed E-state index contributed by atoms with van der Waals surface area (Å²) in [6, 6.07) is 0.404. The Kier molecular flexibility index (Phi) is 5.05. The molecular weight excluding hydrogens is 212 g/mol. The number of nitrogens with one attached hydrogen (secondary N) is 2. The maximum Gasteiger partial charge on any atom is 0.237 e. The largest absolute Gasteiger partial charge is 0.352 e. The SMILES string of the molecule is O=C(NC1CC=CCC1)C1CCCCCCN1. The maximum absolute atomic E-state index is 12.1. The van der Waals surface area contributed by atoms with E-state index < -0.39 is 0 Å². The van der Waals surface area contributed by atoms with Crippen LogP contribution in [0.5, 0.6) is 0 Å². The van der Waals surface area contributed by atoms with Gasteiger partial charge in [0, 0.05) is 6.04 Å².